The van der Waals surface area contributed by atoms with E-state index in [-0.39, 0.29) is 11.7 Å². The van der Waals surface area contributed by atoms with Gasteiger partial charge in [0.1, 0.15) is 0 Å². The van der Waals surface area contributed by atoms with Crippen molar-refractivity contribution in [2.24, 2.45) is 0 Å². The summed E-state index contributed by atoms with van der Waals surface area (Å²) >= 11 is 6.32. The maximum atomic E-state index is 11.9. The molecule has 2 heterocycles. The largest absolute Gasteiger partial charge is 0.459 e. The van der Waals surface area contributed by atoms with E-state index in [1.54, 1.807) is 18.2 Å². The molecule has 1 aromatic carbocycles. The zero-order valence-electron chi connectivity index (χ0n) is 12.0. The maximum absolute atomic E-state index is 11.9. The van der Waals surface area contributed by atoms with Crippen LogP contribution in [0.5, 0.6) is 0 Å². The highest BCUT2D eigenvalue weighted by Gasteiger charge is 2.14. The minimum atomic E-state index is -0.290. The number of morpholine rings is 1. The third-order valence-electron chi connectivity index (χ3n) is 3.55. The Morgan fingerprint density at radius 2 is 2.09 bits per heavy atom. The first kappa shape index (κ1) is 15.1. The van der Waals surface area contributed by atoms with E-state index in [0.29, 0.717) is 10.7 Å². The highest BCUT2D eigenvalue weighted by Crippen LogP contribution is 2.23. The van der Waals surface area contributed by atoms with E-state index in [0.717, 1.165) is 38.4 Å². The predicted molar refractivity (Wildman–Crippen MR) is 84.2 cm³/mol. The molecule has 1 aliphatic rings. The summed E-state index contributed by atoms with van der Waals surface area (Å²) in [7, 11) is 0. The minimum Gasteiger partial charge on any atom is -0.459 e. The number of hydrogen-bond donors (Lipinski definition) is 1. The number of carbonyl (C=O) groups is 1. The Labute approximate surface area is 133 Å². The number of nitrogens with one attached hydrogen (secondary N) is 1. The third-order valence-corrected chi connectivity index (χ3v) is 3.91. The molecule has 1 amide bonds. The van der Waals surface area contributed by atoms with Crippen LogP contribution in [0.15, 0.2) is 41.0 Å². The van der Waals surface area contributed by atoms with Crippen LogP contribution < -0.4 is 5.32 Å². The normalized spacial score (nSPS) is 15.7. The molecule has 0 aliphatic carbocycles. The Hall–Kier alpha value is -1.82. The summed E-state index contributed by atoms with van der Waals surface area (Å²) in [5.74, 6) is -0.0180. The SMILES string of the molecule is O=C(Nc1ccc(CN2CCOCC2)c(Cl)c1)c1ccco1. The highest BCUT2D eigenvalue weighted by atomic mass is 35.5. The van der Waals surface area contributed by atoms with Crippen molar-refractivity contribution in [3.63, 3.8) is 0 Å². The van der Waals surface area contributed by atoms with Crippen LogP contribution in [-0.2, 0) is 11.3 Å². The number of carbonyl (C=O) groups excluding carboxylic acids is 1. The van der Waals surface area contributed by atoms with Gasteiger partial charge in [-0.1, -0.05) is 17.7 Å². The minimum absolute atomic E-state index is 0.272. The van der Waals surface area contributed by atoms with Gasteiger partial charge < -0.3 is 14.5 Å². The van der Waals surface area contributed by atoms with Crippen LogP contribution in [0.3, 0.4) is 0 Å². The first-order chi connectivity index (χ1) is 10.7. The number of benzene rings is 1. The number of hydrogen-bond acceptors (Lipinski definition) is 4. The summed E-state index contributed by atoms with van der Waals surface area (Å²) < 4.78 is 10.4. The predicted octanol–water partition coefficient (Wildman–Crippen LogP) is 3.02. The topological polar surface area (TPSA) is 54.7 Å². The molecule has 3 rings (SSSR count). The van der Waals surface area contributed by atoms with Crippen molar-refractivity contribution in [2.75, 3.05) is 31.6 Å². The van der Waals surface area contributed by atoms with Crippen molar-refractivity contribution in [2.45, 2.75) is 6.54 Å². The Balaban J connectivity index is 1.65. The average Bonchev–Trinajstić information content (AvgIpc) is 3.05. The lowest BCUT2D eigenvalue weighted by molar-refractivity contribution is 0.0342. The molecule has 5 nitrogen and oxygen atoms in total. The zero-order chi connectivity index (χ0) is 15.4. The van der Waals surface area contributed by atoms with E-state index in [9.17, 15) is 4.79 Å². The number of anilines is 1. The molecular formula is C16H17ClN2O3. The summed E-state index contributed by atoms with van der Waals surface area (Å²) in [6.07, 6.45) is 1.47. The molecule has 0 bridgehead atoms. The molecular weight excluding hydrogens is 304 g/mol. The summed E-state index contributed by atoms with van der Waals surface area (Å²) in [6, 6.07) is 8.84. The van der Waals surface area contributed by atoms with Gasteiger partial charge in [-0.2, -0.15) is 0 Å². The fourth-order valence-corrected chi connectivity index (χ4v) is 2.59. The fraction of sp³-hybridized carbons (Fsp3) is 0.312. The Kier molecular flexibility index (Phi) is 4.77. The van der Waals surface area contributed by atoms with Crippen LogP contribution in [0.2, 0.25) is 5.02 Å². The zero-order valence-corrected chi connectivity index (χ0v) is 12.8. The van der Waals surface area contributed by atoms with Crippen LogP contribution in [0.1, 0.15) is 16.1 Å². The monoisotopic (exact) mass is 320 g/mol. The van der Waals surface area contributed by atoms with E-state index in [4.69, 9.17) is 20.8 Å². The van der Waals surface area contributed by atoms with Crippen LogP contribution in [0.25, 0.3) is 0 Å². The molecule has 0 atom stereocenters. The van der Waals surface area contributed by atoms with Crippen molar-refractivity contribution >= 4 is 23.2 Å². The van der Waals surface area contributed by atoms with Gasteiger partial charge in [0.2, 0.25) is 0 Å². The van der Waals surface area contributed by atoms with E-state index in [2.05, 4.69) is 10.2 Å². The second kappa shape index (κ2) is 6.96. The van der Waals surface area contributed by atoms with Crippen molar-refractivity contribution in [3.8, 4) is 0 Å². The van der Waals surface area contributed by atoms with Crippen molar-refractivity contribution in [1.82, 2.24) is 4.90 Å². The van der Waals surface area contributed by atoms with Crippen molar-refractivity contribution in [1.29, 1.82) is 0 Å². The van der Waals surface area contributed by atoms with Gasteiger partial charge in [0.15, 0.2) is 5.76 Å². The van der Waals surface area contributed by atoms with Gasteiger partial charge in [0, 0.05) is 30.3 Å². The van der Waals surface area contributed by atoms with Gasteiger partial charge in [-0.15, -0.1) is 0 Å². The lowest BCUT2D eigenvalue weighted by Gasteiger charge is -2.27. The molecule has 1 N–H and O–H groups in total. The Bertz CT molecular complexity index is 637. The molecule has 0 saturated carbocycles. The molecule has 0 spiro atoms. The summed E-state index contributed by atoms with van der Waals surface area (Å²) in [4.78, 5) is 14.2. The van der Waals surface area contributed by atoms with Crippen LogP contribution in [0, 0.1) is 0 Å². The molecule has 2 aromatic rings. The van der Waals surface area contributed by atoms with Crippen LogP contribution in [0.4, 0.5) is 5.69 Å². The van der Waals surface area contributed by atoms with E-state index >= 15 is 0 Å². The maximum Gasteiger partial charge on any atom is 0.291 e. The first-order valence-corrected chi connectivity index (χ1v) is 7.53. The lowest BCUT2D eigenvalue weighted by Crippen LogP contribution is -2.35. The molecule has 1 fully saturated rings. The van der Waals surface area contributed by atoms with Crippen molar-refractivity contribution < 1.29 is 13.9 Å². The number of furan rings is 1. The van der Waals surface area contributed by atoms with Gasteiger partial charge in [-0.25, -0.2) is 0 Å². The number of amides is 1. The molecule has 1 saturated heterocycles. The van der Waals surface area contributed by atoms with Gasteiger partial charge in [0.05, 0.1) is 19.5 Å². The quantitative estimate of drug-likeness (QED) is 0.941. The average molecular weight is 321 g/mol. The molecule has 1 aromatic heterocycles. The standard InChI is InChI=1S/C16H17ClN2O3/c17-14-10-13(18-16(20)15-2-1-7-22-15)4-3-12(14)11-19-5-8-21-9-6-19/h1-4,7,10H,5-6,8-9,11H2,(H,18,20). The first-order valence-electron chi connectivity index (χ1n) is 7.16. The van der Waals surface area contributed by atoms with Gasteiger partial charge in [-0.05, 0) is 29.8 Å². The van der Waals surface area contributed by atoms with Gasteiger partial charge >= 0.3 is 0 Å². The fourth-order valence-electron chi connectivity index (χ4n) is 2.35. The molecule has 0 unspecified atom stereocenters. The molecule has 1 aliphatic heterocycles. The molecule has 116 valence electrons. The Morgan fingerprint density at radius 1 is 1.27 bits per heavy atom. The number of rotatable bonds is 4. The number of halogens is 1. The summed E-state index contributed by atoms with van der Waals surface area (Å²) in [5, 5.41) is 3.41. The second-order valence-electron chi connectivity index (χ2n) is 5.13. The van der Waals surface area contributed by atoms with Crippen LogP contribution in [-0.4, -0.2) is 37.1 Å². The summed E-state index contributed by atoms with van der Waals surface area (Å²) in [5.41, 5.74) is 1.69. The van der Waals surface area contributed by atoms with Gasteiger partial charge in [0.25, 0.3) is 5.91 Å². The number of nitrogens with zero attached hydrogens (tertiary/aromatic N) is 1. The summed E-state index contributed by atoms with van der Waals surface area (Å²) in [6.45, 7) is 4.12. The Morgan fingerprint density at radius 3 is 2.77 bits per heavy atom. The molecule has 22 heavy (non-hydrogen) atoms. The van der Waals surface area contributed by atoms with E-state index < -0.39 is 0 Å². The van der Waals surface area contributed by atoms with Crippen molar-refractivity contribution in [3.05, 3.63) is 52.9 Å². The van der Waals surface area contributed by atoms with E-state index in [1.807, 2.05) is 12.1 Å². The van der Waals surface area contributed by atoms with Gasteiger partial charge in [-0.3, -0.25) is 9.69 Å². The smallest absolute Gasteiger partial charge is 0.291 e. The third kappa shape index (κ3) is 3.68. The lowest BCUT2D eigenvalue weighted by atomic mass is 10.2. The van der Waals surface area contributed by atoms with Crippen LogP contribution >= 0.6 is 11.6 Å². The molecule has 6 heteroatoms. The molecule has 0 radical (unpaired) electrons. The number of ether oxygens (including phenoxy) is 1. The van der Waals surface area contributed by atoms with E-state index in [1.165, 1.54) is 6.26 Å². The highest BCUT2D eigenvalue weighted by molar-refractivity contribution is 6.31. The second-order valence-corrected chi connectivity index (χ2v) is 5.53.